The van der Waals surface area contributed by atoms with Gasteiger partial charge in [-0.3, -0.25) is 0 Å². The van der Waals surface area contributed by atoms with Gasteiger partial charge in [-0.1, -0.05) is 42.5 Å². The van der Waals surface area contributed by atoms with Gasteiger partial charge >= 0.3 is 0 Å². The molecule has 0 atom stereocenters. The van der Waals surface area contributed by atoms with Crippen LogP contribution < -0.4 is 0 Å². The zero-order chi connectivity index (χ0) is 12.1. The maximum atomic E-state index is 2.45. The summed E-state index contributed by atoms with van der Waals surface area (Å²) in [5, 5.41) is 1.42. The number of aromatic nitrogens is 1. The molecule has 0 spiro atoms. The van der Waals surface area contributed by atoms with E-state index in [1.165, 1.54) is 33.3 Å². The van der Waals surface area contributed by atoms with Crippen molar-refractivity contribution >= 4 is 10.9 Å². The lowest BCUT2D eigenvalue weighted by atomic mass is 10.1. The van der Waals surface area contributed by atoms with Crippen LogP contribution in [0.25, 0.3) is 22.2 Å². The topological polar surface area (TPSA) is 4.93 Å². The number of benzene rings is 2. The van der Waals surface area contributed by atoms with E-state index in [4.69, 9.17) is 0 Å². The fourth-order valence-corrected chi connectivity index (χ4v) is 3.29. The van der Waals surface area contributed by atoms with E-state index in [0.717, 1.165) is 13.0 Å². The van der Waals surface area contributed by atoms with Crippen LogP contribution in [0.1, 0.15) is 18.1 Å². The molecule has 0 fully saturated rings. The number of hydrogen-bond donors (Lipinski definition) is 0. The highest BCUT2D eigenvalue weighted by Crippen LogP contribution is 2.42. The van der Waals surface area contributed by atoms with Crippen LogP contribution in [0.5, 0.6) is 0 Å². The number of para-hydroxylation sites is 1. The summed E-state index contributed by atoms with van der Waals surface area (Å²) in [7, 11) is 0. The monoisotopic (exact) mass is 233 g/mol. The van der Waals surface area contributed by atoms with Crippen molar-refractivity contribution in [1.82, 2.24) is 4.57 Å². The van der Waals surface area contributed by atoms with Gasteiger partial charge in [0.15, 0.2) is 0 Å². The van der Waals surface area contributed by atoms with Crippen LogP contribution in [0.2, 0.25) is 0 Å². The average Bonchev–Trinajstić information content (AvgIpc) is 2.93. The second kappa shape index (κ2) is 3.49. The lowest BCUT2D eigenvalue weighted by Crippen LogP contribution is -1.96. The Hall–Kier alpha value is -2.02. The molecular formula is C17H15N. The maximum absolute atomic E-state index is 2.45. The number of rotatable bonds is 1. The largest absolute Gasteiger partial charge is 0.341 e. The molecular weight excluding hydrogens is 218 g/mol. The molecule has 1 aromatic heterocycles. The zero-order valence-electron chi connectivity index (χ0n) is 10.5. The standard InChI is InChI=1S/C17H15N/c1-2-18-16-10-6-5-9-14(16)15-11-12-7-3-4-8-13(12)17(15)18/h3-10H,2,11H2,1H3. The fraction of sp³-hybridized carbons (Fsp3) is 0.176. The van der Waals surface area contributed by atoms with Gasteiger partial charge in [0, 0.05) is 29.4 Å². The Balaban J connectivity index is 2.16. The molecule has 1 heterocycles. The minimum absolute atomic E-state index is 1.03. The van der Waals surface area contributed by atoms with Crippen LogP contribution >= 0.6 is 0 Å². The summed E-state index contributed by atoms with van der Waals surface area (Å²) in [6, 6.07) is 17.6. The predicted molar refractivity (Wildman–Crippen MR) is 75.9 cm³/mol. The molecule has 0 unspecified atom stereocenters. The molecule has 1 aliphatic carbocycles. The normalized spacial score (nSPS) is 12.7. The van der Waals surface area contributed by atoms with E-state index in [9.17, 15) is 0 Å². The van der Waals surface area contributed by atoms with Crippen molar-refractivity contribution in [3.8, 4) is 11.3 Å². The summed E-state index contributed by atoms with van der Waals surface area (Å²) in [6.45, 7) is 3.26. The van der Waals surface area contributed by atoms with Gasteiger partial charge in [0.2, 0.25) is 0 Å². The van der Waals surface area contributed by atoms with Crippen molar-refractivity contribution in [1.29, 1.82) is 0 Å². The molecule has 0 aliphatic heterocycles. The third-order valence-corrected chi connectivity index (χ3v) is 4.03. The summed E-state index contributed by atoms with van der Waals surface area (Å²) >= 11 is 0. The molecule has 2 aromatic carbocycles. The Labute approximate surface area is 107 Å². The van der Waals surface area contributed by atoms with Gasteiger partial charge < -0.3 is 4.57 Å². The molecule has 1 heteroatoms. The number of aryl methyl sites for hydroxylation is 1. The summed E-state index contributed by atoms with van der Waals surface area (Å²) in [6.07, 6.45) is 1.08. The molecule has 3 aromatic rings. The summed E-state index contributed by atoms with van der Waals surface area (Å²) in [5.41, 5.74) is 7.21. The van der Waals surface area contributed by atoms with Crippen LogP contribution in [0.15, 0.2) is 48.5 Å². The van der Waals surface area contributed by atoms with E-state index in [0.29, 0.717) is 0 Å². The van der Waals surface area contributed by atoms with Gasteiger partial charge in [-0.2, -0.15) is 0 Å². The van der Waals surface area contributed by atoms with Crippen molar-refractivity contribution in [2.45, 2.75) is 19.9 Å². The summed E-state index contributed by atoms with van der Waals surface area (Å²) < 4.78 is 2.45. The lowest BCUT2D eigenvalue weighted by Gasteiger charge is -2.07. The van der Waals surface area contributed by atoms with E-state index in [1.807, 2.05) is 0 Å². The molecule has 88 valence electrons. The number of hydrogen-bond acceptors (Lipinski definition) is 0. The minimum Gasteiger partial charge on any atom is -0.341 e. The first-order valence-corrected chi connectivity index (χ1v) is 6.58. The van der Waals surface area contributed by atoms with E-state index in [-0.39, 0.29) is 0 Å². The first kappa shape index (κ1) is 9.95. The zero-order valence-corrected chi connectivity index (χ0v) is 10.5. The Kier molecular flexibility index (Phi) is 1.93. The smallest absolute Gasteiger partial charge is 0.0530 e. The Morgan fingerprint density at radius 3 is 2.67 bits per heavy atom. The van der Waals surface area contributed by atoms with E-state index in [2.05, 4.69) is 60.0 Å². The highest BCUT2D eigenvalue weighted by Gasteiger charge is 2.25. The van der Waals surface area contributed by atoms with Crippen molar-refractivity contribution in [2.75, 3.05) is 0 Å². The first-order valence-electron chi connectivity index (χ1n) is 6.58. The average molecular weight is 233 g/mol. The lowest BCUT2D eigenvalue weighted by molar-refractivity contribution is 0.805. The van der Waals surface area contributed by atoms with Crippen LogP contribution in [-0.2, 0) is 13.0 Å². The highest BCUT2D eigenvalue weighted by molar-refractivity contribution is 5.95. The van der Waals surface area contributed by atoms with Crippen LogP contribution in [-0.4, -0.2) is 4.57 Å². The summed E-state index contributed by atoms with van der Waals surface area (Å²) in [5.74, 6) is 0. The molecule has 0 N–H and O–H groups in total. The second-order valence-corrected chi connectivity index (χ2v) is 4.92. The van der Waals surface area contributed by atoms with Crippen molar-refractivity contribution in [2.24, 2.45) is 0 Å². The molecule has 0 radical (unpaired) electrons. The van der Waals surface area contributed by atoms with Crippen molar-refractivity contribution in [3.63, 3.8) is 0 Å². The molecule has 0 saturated heterocycles. The fourth-order valence-electron chi connectivity index (χ4n) is 3.29. The van der Waals surface area contributed by atoms with Crippen LogP contribution in [0.3, 0.4) is 0 Å². The van der Waals surface area contributed by atoms with Gasteiger partial charge in [-0.15, -0.1) is 0 Å². The Bertz CT molecular complexity index is 749. The van der Waals surface area contributed by atoms with E-state index >= 15 is 0 Å². The van der Waals surface area contributed by atoms with Gasteiger partial charge in [0.05, 0.1) is 5.69 Å². The van der Waals surface area contributed by atoms with Gasteiger partial charge in [0.25, 0.3) is 0 Å². The van der Waals surface area contributed by atoms with E-state index in [1.54, 1.807) is 0 Å². The Morgan fingerprint density at radius 2 is 1.78 bits per heavy atom. The van der Waals surface area contributed by atoms with Crippen LogP contribution in [0.4, 0.5) is 0 Å². The maximum Gasteiger partial charge on any atom is 0.0530 e. The quantitative estimate of drug-likeness (QED) is 0.463. The molecule has 1 aliphatic rings. The van der Waals surface area contributed by atoms with Crippen LogP contribution in [0, 0.1) is 0 Å². The molecule has 1 nitrogen and oxygen atoms in total. The third-order valence-electron chi connectivity index (χ3n) is 4.03. The van der Waals surface area contributed by atoms with Crippen molar-refractivity contribution in [3.05, 3.63) is 59.7 Å². The van der Waals surface area contributed by atoms with Gasteiger partial charge in [-0.05, 0) is 24.1 Å². The SMILES string of the molecule is CCn1c2c(c3ccccc31)Cc1ccccc1-2. The second-order valence-electron chi connectivity index (χ2n) is 4.92. The van der Waals surface area contributed by atoms with Gasteiger partial charge in [-0.25, -0.2) is 0 Å². The molecule has 0 amide bonds. The van der Waals surface area contributed by atoms with E-state index < -0.39 is 0 Å². The Morgan fingerprint density at radius 1 is 1.00 bits per heavy atom. The molecule has 0 bridgehead atoms. The minimum atomic E-state index is 1.03. The van der Waals surface area contributed by atoms with Crippen molar-refractivity contribution < 1.29 is 0 Å². The first-order chi connectivity index (χ1) is 8.90. The molecule has 18 heavy (non-hydrogen) atoms. The molecule has 0 saturated carbocycles. The molecule has 4 rings (SSSR count). The number of fused-ring (bicyclic) bond motifs is 5. The summed E-state index contributed by atoms with van der Waals surface area (Å²) in [4.78, 5) is 0. The highest BCUT2D eigenvalue weighted by atomic mass is 15.0. The van der Waals surface area contributed by atoms with Gasteiger partial charge in [0.1, 0.15) is 0 Å². The predicted octanol–water partition coefficient (Wildman–Crippen LogP) is 4.23. The third kappa shape index (κ3) is 1.11. The number of nitrogens with zero attached hydrogens (tertiary/aromatic N) is 1.